The summed E-state index contributed by atoms with van der Waals surface area (Å²) in [6.07, 6.45) is 2.08. The molecule has 4 heteroatoms. The summed E-state index contributed by atoms with van der Waals surface area (Å²) in [5.41, 5.74) is 2.36. The van der Waals surface area contributed by atoms with Crippen LogP contribution in [0, 0.1) is 6.92 Å². The third-order valence-corrected chi connectivity index (χ3v) is 4.88. The lowest BCUT2D eigenvalue weighted by molar-refractivity contribution is 0.581. The average Bonchev–Trinajstić information content (AvgIpc) is 2.99. The maximum Gasteiger partial charge on any atom is 0.0638 e. The van der Waals surface area contributed by atoms with Crippen LogP contribution in [0.4, 0.5) is 0 Å². The predicted octanol–water partition coefficient (Wildman–Crippen LogP) is 3.79. The van der Waals surface area contributed by atoms with Crippen LogP contribution in [0.15, 0.2) is 36.5 Å². The van der Waals surface area contributed by atoms with Crippen LogP contribution in [-0.4, -0.2) is 9.78 Å². The van der Waals surface area contributed by atoms with Gasteiger partial charge in [0.1, 0.15) is 0 Å². The molecule has 1 atom stereocenters. The summed E-state index contributed by atoms with van der Waals surface area (Å²) in [4.78, 5) is 1.38. The lowest BCUT2D eigenvalue weighted by Crippen LogP contribution is -2.17. The average molecular weight is 285 g/mol. The molecule has 1 aromatic carbocycles. The van der Waals surface area contributed by atoms with Crippen LogP contribution in [0.2, 0.25) is 0 Å². The van der Waals surface area contributed by atoms with E-state index < -0.39 is 0 Å². The molecule has 0 aliphatic rings. The van der Waals surface area contributed by atoms with Crippen molar-refractivity contribution in [2.24, 2.45) is 7.05 Å². The molecular weight excluding hydrogens is 266 g/mol. The first-order chi connectivity index (χ1) is 9.63. The van der Waals surface area contributed by atoms with Crippen molar-refractivity contribution in [1.29, 1.82) is 0 Å². The monoisotopic (exact) mass is 285 g/mol. The van der Waals surface area contributed by atoms with Gasteiger partial charge in [-0.05, 0) is 31.4 Å². The van der Waals surface area contributed by atoms with Crippen molar-refractivity contribution in [3.05, 3.63) is 52.7 Å². The molecule has 0 aliphatic carbocycles. The van der Waals surface area contributed by atoms with E-state index in [4.69, 9.17) is 0 Å². The molecule has 1 N–H and O–H groups in total. The molecular formula is C16H19N3S. The highest BCUT2D eigenvalue weighted by molar-refractivity contribution is 7.19. The minimum Gasteiger partial charge on any atom is -0.305 e. The molecule has 0 fully saturated rings. The number of aryl methyl sites for hydroxylation is 2. The topological polar surface area (TPSA) is 29.9 Å². The van der Waals surface area contributed by atoms with Crippen molar-refractivity contribution < 1.29 is 0 Å². The molecule has 1 unspecified atom stereocenters. The number of nitrogens with zero attached hydrogens (tertiary/aromatic N) is 2. The highest BCUT2D eigenvalue weighted by Crippen LogP contribution is 2.29. The highest BCUT2D eigenvalue weighted by Gasteiger charge is 2.10. The van der Waals surface area contributed by atoms with Crippen molar-refractivity contribution in [3.8, 4) is 0 Å². The van der Waals surface area contributed by atoms with E-state index in [0.717, 1.165) is 12.2 Å². The first-order valence-electron chi connectivity index (χ1n) is 6.84. The SMILES string of the molecule is Cc1nn(C)cc1CNC(C)c1cc2ccccc2s1. The Morgan fingerprint density at radius 1 is 1.35 bits per heavy atom. The smallest absolute Gasteiger partial charge is 0.0638 e. The fourth-order valence-electron chi connectivity index (χ4n) is 2.40. The number of fused-ring (bicyclic) bond motifs is 1. The van der Waals surface area contributed by atoms with E-state index in [1.165, 1.54) is 20.5 Å². The van der Waals surface area contributed by atoms with Crippen molar-refractivity contribution in [2.75, 3.05) is 0 Å². The van der Waals surface area contributed by atoms with Gasteiger partial charge in [-0.3, -0.25) is 4.68 Å². The highest BCUT2D eigenvalue weighted by atomic mass is 32.1. The maximum absolute atomic E-state index is 4.38. The molecule has 3 aromatic rings. The van der Waals surface area contributed by atoms with E-state index in [2.05, 4.69) is 60.8 Å². The molecule has 0 aliphatic heterocycles. The third kappa shape index (κ3) is 2.62. The van der Waals surface area contributed by atoms with Crippen molar-refractivity contribution in [2.45, 2.75) is 26.4 Å². The summed E-state index contributed by atoms with van der Waals surface area (Å²) in [7, 11) is 1.96. The van der Waals surface area contributed by atoms with Gasteiger partial charge in [0.05, 0.1) is 5.69 Å². The van der Waals surface area contributed by atoms with Gasteiger partial charge in [0.15, 0.2) is 0 Å². The van der Waals surface area contributed by atoms with Gasteiger partial charge in [-0.25, -0.2) is 0 Å². The molecule has 3 rings (SSSR count). The molecule has 104 valence electrons. The van der Waals surface area contributed by atoms with Gasteiger partial charge in [-0.2, -0.15) is 5.10 Å². The number of nitrogens with one attached hydrogen (secondary N) is 1. The Balaban J connectivity index is 1.72. The summed E-state index contributed by atoms with van der Waals surface area (Å²) >= 11 is 1.87. The van der Waals surface area contributed by atoms with E-state index in [1.807, 2.05) is 23.1 Å². The van der Waals surface area contributed by atoms with E-state index in [0.29, 0.717) is 6.04 Å². The van der Waals surface area contributed by atoms with Crippen molar-refractivity contribution >= 4 is 21.4 Å². The Labute approximate surface area is 123 Å². The first-order valence-corrected chi connectivity index (χ1v) is 7.66. The lowest BCUT2D eigenvalue weighted by atomic mass is 10.2. The summed E-state index contributed by atoms with van der Waals surface area (Å²) < 4.78 is 3.23. The molecule has 2 heterocycles. The summed E-state index contributed by atoms with van der Waals surface area (Å²) in [5.74, 6) is 0. The van der Waals surface area contributed by atoms with E-state index >= 15 is 0 Å². The quantitative estimate of drug-likeness (QED) is 0.790. The fraction of sp³-hybridized carbons (Fsp3) is 0.312. The van der Waals surface area contributed by atoms with Crippen LogP contribution in [0.5, 0.6) is 0 Å². The van der Waals surface area contributed by atoms with Gasteiger partial charge in [0.25, 0.3) is 0 Å². The van der Waals surface area contributed by atoms with E-state index in [1.54, 1.807) is 0 Å². The fourth-order valence-corrected chi connectivity index (χ4v) is 3.49. The van der Waals surface area contributed by atoms with Crippen LogP contribution < -0.4 is 5.32 Å². The van der Waals surface area contributed by atoms with Gasteiger partial charge in [0.2, 0.25) is 0 Å². The van der Waals surface area contributed by atoms with Gasteiger partial charge in [0, 0.05) is 41.0 Å². The molecule has 0 bridgehead atoms. The summed E-state index contributed by atoms with van der Waals surface area (Å²) in [5, 5.41) is 9.30. The second-order valence-corrected chi connectivity index (χ2v) is 6.32. The Kier molecular flexibility index (Phi) is 3.59. The molecule has 3 nitrogen and oxygen atoms in total. The van der Waals surface area contributed by atoms with Crippen molar-refractivity contribution in [1.82, 2.24) is 15.1 Å². The Hall–Kier alpha value is -1.65. The van der Waals surface area contributed by atoms with Gasteiger partial charge in [-0.15, -0.1) is 11.3 Å². The lowest BCUT2D eigenvalue weighted by Gasteiger charge is -2.11. The van der Waals surface area contributed by atoms with E-state index in [-0.39, 0.29) is 0 Å². The molecule has 0 saturated carbocycles. The van der Waals surface area contributed by atoms with Gasteiger partial charge >= 0.3 is 0 Å². The third-order valence-electron chi connectivity index (χ3n) is 3.59. The number of aromatic nitrogens is 2. The van der Waals surface area contributed by atoms with Crippen LogP contribution >= 0.6 is 11.3 Å². The zero-order valence-corrected chi connectivity index (χ0v) is 12.9. The normalized spacial score (nSPS) is 12.9. The minimum absolute atomic E-state index is 0.354. The number of benzene rings is 1. The number of thiophene rings is 1. The summed E-state index contributed by atoms with van der Waals surface area (Å²) in [6.45, 7) is 5.13. The number of hydrogen-bond donors (Lipinski definition) is 1. The Morgan fingerprint density at radius 2 is 2.15 bits per heavy atom. The Morgan fingerprint density at radius 3 is 2.85 bits per heavy atom. The molecule has 0 spiro atoms. The van der Waals surface area contributed by atoms with E-state index in [9.17, 15) is 0 Å². The molecule has 0 amide bonds. The van der Waals surface area contributed by atoms with Gasteiger partial charge in [-0.1, -0.05) is 18.2 Å². The maximum atomic E-state index is 4.38. The molecule has 2 aromatic heterocycles. The standard InChI is InChI=1S/C16H19N3S/c1-11-14(10-19(3)18-11)9-17-12(2)16-8-13-6-4-5-7-15(13)20-16/h4-8,10,12,17H,9H2,1-3H3. The van der Waals surface area contributed by atoms with Gasteiger partial charge < -0.3 is 5.32 Å². The van der Waals surface area contributed by atoms with Crippen LogP contribution in [0.1, 0.15) is 29.1 Å². The zero-order chi connectivity index (χ0) is 14.1. The number of rotatable bonds is 4. The summed E-state index contributed by atoms with van der Waals surface area (Å²) in [6, 6.07) is 11.2. The molecule has 0 saturated heterocycles. The largest absolute Gasteiger partial charge is 0.305 e. The van der Waals surface area contributed by atoms with Crippen LogP contribution in [0.25, 0.3) is 10.1 Å². The second kappa shape index (κ2) is 5.38. The first kappa shape index (κ1) is 13.3. The molecule has 20 heavy (non-hydrogen) atoms. The second-order valence-electron chi connectivity index (χ2n) is 5.20. The minimum atomic E-state index is 0.354. The Bertz CT molecular complexity index is 693. The van der Waals surface area contributed by atoms with Crippen LogP contribution in [-0.2, 0) is 13.6 Å². The van der Waals surface area contributed by atoms with Crippen molar-refractivity contribution in [3.63, 3.8) is 0 Å². The number of hydrogen-bond acceptors (Lipinski definition) is 3. The van der Waals surface area contributed by atoms with Crippen LogP contribution in [0.3, 0.4) is 0 Å². The predicted molar refractivity (Wildman–Crippen MR) is 85.0 cm³/mol. The molecule has 0 radical (unpaired) electrons. The zero-order valence-electron chi connectivity index (χ0n) is 12.1.